The topological polar surface area (TPSA) is 59.5 Å². The zero-order valence-electron chi connectivity index (χ0n) is 15.1. The van der Waals surface area contributed by atoms with Crippen molar-refractivity contribution in [3.63, 3.8) is 0 Å². The molecule has 3 aromatic rings. The molecule has 0 unspecified atom stereocenters. The Morgan fingerprint density at radius 1 is 0.963 bits per heavy atom. The van der Waals surface area contributed by atoms with Gasteiger partial charge in [-0.25, -0.2) is 0 Å². The number of carbonyl (C=O) groups is 2. The normalized spacial score (nSPS) is 13.3. The van der Waals surface area contributed by atoms with Gasteiger partial charge in [0.1, 0.15) is 5.75 Å². The van der Waals surface area contributed by atoms with E-state index in [-0.39, 0.29) is 11.8 Å². The Labute approximate surface area is 157 Å². The van der Waals surface area contributed by atoms with Crippen molar-refractivity contribution in [2.24, 2.45) is 0 Å². The Hall–Kier alpha value is -3.21. The number of aromatic nitrogens is 1. The van der Waals surface area contributed by atoms with Crippen LogP contribution in [0.5, 0.6) is 5.75 Å². The first-order valence-electron chi connectivity index (χ1n) is 9.06. The fourth-order valence-corrected chi connectivity index (χ4v) is 3.56. The lowest BCUT2D eigenvalue weighted by Gasteiger charge is -2.13. The van der Waals surface area contributed by atoms with Gasteiger partial charge >= 0.3 is 0 Å². The molecule has 4 rings (SSSR count). The summed E-state index contributed by atoms with van der Waals surface area (Å²) in [6, 6.07) is 14.9. The standard InChI is InChI=1S/C22H20N2O3/c1-27-16-9-10-17-15(11-12-23-20(17)14-16)6-4-5-13-24-21(25)18-7-2-3-8-19(18)22(24)26/h2-3,7-12,14H,4-6,13H2,1H3. The number of imide groups is 1. The van der Waals surface area contributed by atoms with Gasteiger partial charge in [0.2, 0.25) is 0 Å². The van der Waals surface area contributed by atoms with Gasteiger partial charge in [-0.3, -0.25) is 19.5 Å². The van der Waals surface area contributed by atoms with Crippen LogP contribution in [-0.2, 0) is 6.42 Å². The maximum atomic E-state index is 12.4. The van der Waals surface area contributed by atoms with Crippen molar-refractivity contribution in [1.82, 2.24) is 9.88 Å². The molecule has 0 N–H and O–H groups in total. The van der Waals surface area contributed by atoms with Crippen LogP contribution >= 0.6 is 0 Å². The Kier molecular flexibility index (Phi) is 4.59. The van der Waals surface area contributed by atoms with Crippen LogP contribution in [0.15, 0.2) is 54.7 Å². The first-order valence-corrected chi connectivity index (χ1v) is 9.06. The van der Waals surface area contributed by atoms with E-state index in [2.05, 4.69) is 4.98 Å². The zero-order chi connectivity index (χ0) is 18.8. The summed E-state index contributed by atoms with van der Waals surface area (Å²) in [5.41, 5.74) is 3.14. The number of nitrogens with zero attached hydrogens (tertiary/aromatic N) is 2. The zero-order valence-corrected chi connectivity index (χ0v) is 15.1. The molecule has 27 heavy (non-hydrogen) atoms. The molecule has 2 heterocycles. The van der Waals surface area contributed by atoms with E-state index >= 15 is 0 Å². The van der Waals surface area contributed by atoms with E-state index in [1.54, 1.807) is 37.6 Å². The lowest BCUT2D eigenvalue weighted by molar-refractivity contribution is 0.0652. The van der Waals surface area contributed by atoms with Crippen molar-refractivity contribution >= 4 is 22.7 Å². The van der Waals surface area contributed by atoms with Gasteiger partial charge in [-0.1, -0.05) is 12.1 Å². The van der Waals surface area contributed by atoms with Gasteiger partial charge in [0.25, 0.3) is 11.8 Å². The highest BCUT2D eigenvalue weighted by Crippen LogP contribution is 2.25. The number of benzene rings is 2. The molecule has 0 bridgehead atoms. The van der Waals surface area contributed by atoms with Gasteiger partial charge in [-0.2, -0.15) is 0 Å². The Bertz CT molecular complexity index is 994. The molecule has 5 heteroatoms. The van der Waals surface area contributed by atoms with E-state index in [0.29, 0.717) is 17.7 Å². The van der Waals surface area contributed by atoms with Crippen LogP contribution in [0.2, 0.25) is 0 Å². The second kappa shape index (κ2) is 7.19. The highest BCUT2D eigenvalue weighted by atomic mass is 16.5. The molecule has 2 amide bonds. The van der Waals surface area contributed by atoms with Gasteiger partial charge in [-0.15, -0.1) is 0 Å². The van der Waals surface area contributed by atoms with Gasteiger partial charge in [-0.05, 0) is 55.2 Å². The molecule has 1 aliphatic rings. The molecule has 0 atom stereocenters. The second-order valence-electron chi connectivity index (χ2n) is 6.62. The summed E-state index contributed by atoms with van der Waals surface area (Å²) in [5, 5.41) is 1.11. The van der Waals surface area contributed by atoms with E-state index in [9.17, 15) is 9.59 Å². The summed E-state index contributed by atoms with van der Waals surface area (Å²) in [6.45, 7) is 0.448. The van der Waals surface area contributed by atoms with Crippen LogP contribution in [0.3, 0.4) is 0 Å². The third-order valence-electron chi connectivity index (χ3n) is 5.00. The van der Waals surface area contributed by atoms with Crippen molar-refractivity contribution in [2.75, 3.05) is 13.7 Å². The maximum absolute atomic E-state index is 12.4. The van der Waals surface area contributed by atoms with E-state index in [4.69, 9.17) is 4.74 Å². The molecule has 1 aliphatic heterocycles. The van der Waals surface area contributed by atoms with E-state index in [1.165, 1.54) is 10.5 Å². The van der Waals surface area contributed by atoms with Crippen LogP contribution in [0, 0.1) is 0 Å². The Morgan fingerprint density at radius 3 is 2.41 bits per heavy atom. The fourth-order valence-electron chi connectivity index (χ4n) is 3.56. The minimum Gasteiger partial charge on any atom is -0.497 e. The molecule has 2 aromatic carbocycles. The Balaban J connectivity index is 1.39. The Morgan fingerprint density at radius 2 is 1.70 bits per heavy atom. The molecule has 0 aliphatic carbocycles. The smallest absolute Gasteiger partial charge is 0.261 e. The summed E-state index contributed by atoms with van der Waals surface area (Å²) < 4.78 is 5.26. The SMILES string of the molecule is COc1ccc2c(CCCCN3C(=O)c4ccccc4C3=O)ccnc2c1. The first kappa shape index (κ1) is 17.2. The quantitative estimate of drug-likeness (QED) is 0.495. The van der Waals surface area contributed by atoms with Crippen molar-refractivity contribution in [3.8, 4) is 5.75 Å². The molecular formula is C22H20N2O3. The highest BCUT2D eigenvalue weighted by Gasteiger charge is 2.34. The van der Waals surface area contributed by atoms with E-state index in [1.807, 2.05) is 24.3 Å². The largest absolute Gasteiger partial charge is 0.497 e. The lowest BCUT2D eigenvalue weighted by Crippen LogP contribution is -2.30. The minimum atomic E-state index is -0.183. The van der Waals surface area contributed by atoms with Crippen LogP contribution < -0.4 is 4.74 Å². The van der Waals surface area contributed by atoms with Crippen molar-refractivity contribution in [3.05, 3.63) is 71.4 Å². The third kappa shape index (κ3) is 3.16. The fraction of sp³-hybridized carbons (Fsp3) is 0.227. The molecule has 136 valence electrons. The molecule has 0 fully saturated rings. The number of aryl methyl sites for hydroxylation is 1. The summed E-state index contributed by atoms with van der Waals surface area (Å²) >= 11 is 0. The summed E-state index contributed by atoms with van der Waals surface area (Å²) in [7, 11) is 1.64. The van der Waals surface area contributed by atoms with Crippen LogP contribution in [-0.4, -0.2) is 35.4 Å². The molecule has 0 saturated carbocycles. The predicted octanol–water partition coefficient (Wildman–Crippen LogP) is 3.86. The number of ether oxygens (including phenoxy) is 1. The number of carbonyl (C=O) groups excluding carboxylic acids is 2. The summed E-state index contributed by atoms with van der Waals surface area (Å²) in [6.07, 6.45) is 4.33. The number of pyridine rings is 1. The summed E-state index contributed by atoms with van der Waals surface area (Å²) in [5.74, 6) is 0.423. The van der Waals surface area contributed by atoms with Crippen LogP contribution in [0.1, 0.15) is 39.1 Å². The third-order valence-corrected chi connectivity index (χ3v) is 5.00. The van der Waals surface area contributed by atoms with Gasteiger partial charge < -0.3 is 4.74 Å². The second-order valence-corrected chi connectivity index (χ2v) is 6.62. The minimum absolute atomic E-state index is 0.183. The monoisotopic (exact) mass is 360 g/mol. The van der Waals surface area contributed by atoms with Crippen LogP contribution in [0.25, 0.3) is 10.9 Å². The van der Waals surface area contributed by atoms with Crippen molar-refractivity contribution in [1.29, 1.82) is 0 Å². The predicted molar refractivity (Wildman–Crippen MR) is 103 cm³/mol. The van der Waals surface area contributed by atoms with Crippen molar-refractivity contribution < 1.29 is 14.3 Å². The maximum Gasteiger partial charge on any atom is 0.261 e. The number of hydrogen-bond acceptors (Lipinski definition) is 4. The molecule has 1 aromatic heterocycles. The van der Waals surface area contributed by atoms with Gasteiger partial charge in [0, 0.05) is 24.2 Å². The summed E-state index contributed by atoms with van der Waals surface area (Å²) in [4.78, 5) is 30.6. The van der Waals surface area contributed by atoms with Gasteiger partial charge in [0.15, 0.2) is 0 Å². The average Bonchev–Trinajstić information content (AvgIpc) is 2.95. The molecule has 0 saturated heterocycles. The number of rotatable bonds is 6. The van der Waals surface area contributed by atoms with E-state index < -0.39 is 0 Å². The number of methoxy groups -OCH3 is 1. The molecule has 5 nitrogen and oxygen atoms in total. The number of fused-ring (bicyclic) bond motifs is 2. The van der Waals surface area contributed by atoms with Crippen LogP contribution in [0.4, 0.5) is 0 Å². The average molecular weight is 360 g/mol. The van der Waals surface area contributed by atoms with Crippen molar-refractivity contribution in [2.45, 2.75) is 19.3 Å². The lowest BCUT2D eigenvalue weighted by atomic mass is 10.0. The molecular weight excluding hydrogens is 340 g/mol. The molecule has 0 radical (unpaired) electrons. The highest BCUT2D eigenvalue weighted by molar-refractivity contribution is 6.21. The van der Waals surface area contributed by atoms with E-state index in [0.717, 1.165) is 35.9 Å². The first-order chi connectivity index (χ1) is 13.2. The number of amides is 2. The molecule has 0 spiro atoms. The number of hydrogen-bond donors (Lipinski definition) is 0. The van der Waals surface area contributed by atoms with Gasteiger partial charge in [0.05, 0.1) is 23.8 Å². The number of unbranched alkanes of at least 4 members (excludes halogenated alkanes) is 1.